The van der Waals surface area contributed by atoms with Gasteiger partial charge in [0.1, 0.15) is 11.5 Å². The quantitative estimate of drug-likeness (QED) is 0.840. The lowest BCUT2D eigenvalue weighted by molar-refractivity contribution is 0.286. The van der Waals surface area contributed by atoms with Crippen LogP contribution >= 0.6 is 15.9 Å². The molecule has 0 fully saturated rings. The van der Waals surface area contributed by atoms with Crippen LogP contribution in [-0.2, 0) is 6.54 Å². The summed E-state index contributed by atoms with van der Waals surface area (Å²) in [7, 11) is 0. The summed E-state index contributed by atoms with van der Waals surface area (Å²) in [6.07, 6.45) is 0. The van der Waals surface area contributed by atoms with E-state index in [0.29, 0.717) is 13.3 Å². The lowest BCUT2D eigenvalue weighted by Gasteiger charge is -2.31. The molecule has 20 heavy (non-hydrogen) atoms. The predicted octanol–water partition coefficient (Wildman–Crippen LogP) is 4.20. The van der Waals surface area contributed by atoms with Crippen LogP contribution in [0.15, 0.2) is 46.9 Å². The summed E-state index contributed by atoms with van der Waals surface area (Å²) < 4.78 is 12.4. The van der Waals surface area contributed by atoms with Crippen molar-refractivity contribution in [3.63, 3.8) is 0 Å². The predicted molar refractivity (Wildman–Crippen MR) is 83.4 cm³/mol. The first-order valence-corrected chi connectivity index (χ1v) is 7.44. The van der Waals surface area contributed by atoms with Crippen LogP contribution in [0.2, 0.25) is 0 Å². The van der Waals surface area contributed by atoms with Crippen molar-refractivity contribution in [1.82, 2.24) is 0 Å². The van der Waals surface area contributed by atoms with E-state index < -0.39 is 0 Å². The summed E-state index contributed by atoms with van der Waals surface area (Å²) in [6.45, 7) is 4.07. The van der Waals surface area contributed by atoms with Crippen molar-refractivity contribution in [3.05, 3.63) is 52.5 Å². The van der Waals surface area contributed by atoms with Gasteiger partial charge in [0, 0.05) is 22.3 Å². The van der Waals surface area contributed by atoms with Crippen LogP contribution in [0.3, 0.4) is 0 Å². The largest absolute Gasteiger partial charge is 0.494 e. The van der Waals surface area contributed by atoms with Crippen molar-refractivity contribution in [2.45, 2.75) is 13.5 Å². The molecule has 0 saturated heterocycles. The van der Waals surface area contributed by atoms with Gasteiger partial charge in [-0.2, -0.15) is 0 Å². The average Bonchev–Trinajstić information content (AvgIpc) is 2.48. The third-order valence-corrected chi connectivity index (χ3v) is 3.80. The highest BCUT2D eigenvalue weighted by Crippen LogP contribution is 2.31. The Morgan fingerprint density at radius 2 is 2.00 bits per heavy atom. The Kier molecular flexibility index (Phi) is 3.83. The fourth-order valence-corrected chi connectivity index (χ4v) is 2.56. The highest BCUT2D eigenvalue weighted by molar-refractivity contribution is 9.10. The smallest absolute Gasteiger partial charge is 0.161 e. The molecular formula is C16H16BrNO2. The van der Waals surface area contributed by atoms with Crippen molar-refractivity contribution in [3.8, 4) is 11.5 Å². The number of nitrogens with zero attached hydrogens (tertiary/aromatic N) is 1. The van der Waals surface area contributed by atoms with Gasteiger partial charge in [-0.15, -0.1) is 0 Å². The highest BCUT2D eigenvalue weighted by Gasteiger charge is 2.18. The molecule has 0 spiro atoms. The molecule has 0 saturated carbocycles. The minimum atomic E-state index is 0.572. The van der Waals surface area contributed by atoms with Crippen molar-refractivity contribution in [2.75, 3.05) is 18.2 Å². The zero-order chi connectivity index (χ0) is 13.9. The van der Waals surface area contributed by atoms with E-state index in [9.17, 15) is 0 Å². The second-order valence-electron chi connectivity index (χ2n) is 4.65. The van der Waals surface area contributed by atoms with Gasteiger partial charge in [-0.3, -0.25) is 0 Å². The van der Waals surface area contributed by atoms with Crippen LogP contribution in [0.4, 0.5) is 5.69 Å². The van der Waals surface area contributed by atoms with E-state index in [1.54, 1.807) is 0 Å². The summed E-state index contributed by atoms with van der Waals surface area (Å²) >= 11 is 3.46. The maximum Gasteiger partial charge on any atom is 0.161 e. The molecule has 2 aromatic carbocycles. The van der Waals surface area contributed by atoms with E-state index in [2.05, 4.69) is 39.0 Å². The number of anilines is 1. The van der Waals surface area contributed by atoms with Crippen molar-refractivity contribution >= 4 is 21.6 Å². The molecule has 1 aliphatic rings. The molecule has 0 atom stereocenters. The molecule has 0 aliphatic carbocycles. The number of halogens is 1. The third-order valence-electron chi connectivity index (χ3n) is 3.27. The van der Waals surface area contributed by atoms with Crippen molar-refractivity contribution < 1.29 is 9.47 Å². The Hall–Kier alpha value is -1.68. The summed E-state index contributed by atoms with van der Waals surface area (Å²) in [6, 6.07) is 14.3. The fraction of sp³-hybridized carbons (Fsp3) is 0.250. The zero-order valence-electron chi connectivity index (χ0n) is 11.3. The molecule has 2 aromatic rings. The van der Waals surface area contributed by atoms with E-state index in [4.69, 9.17) is 9.47 Å². The molecule has 4 heteroatoms. The maximum absolute atomic E-state index is 5.81. The molecule has 3 nitrogen and oxygen atoms in total. The van der Waals surface area contributed by atoms with Gasteiger partial charge in [0.15, 0.2) is 6.73 Å². The van der Waals surface area contributed by atoms with Gasteiger partial charge in [-0.1, -0.05) is 15.9 Å². The zero-order valence-corrected chi connectivity index (χ0v) is 12.9. The van der Waals surface area contributed by atoms with E-state index in [-0.39, 0.29) is 0 Å². The molecule has 0 radical (unpaired) electrons. The van der Waals surface area contributed by atoms with Crippen LogP contribution in [0, 0.1) is 0 Å². The van der Waals surface area contributed by atoms with E-state index in [1.807, 2.05) is 31.2 Å². The number of fused-ring (bicyclic) bond motifs is 1. The second kappa shape index (κ2) is 5.75. The molecule has 0 bridgehead atoms. The monoisotopic (exact) mass is 333 g/mol. The summed E-state index contributed by atoms with van der Waals surface area (Å²) in [4.78, 5) is 2.20. The minimum Gasteiger partial charge on any atom is -0.494 e. The first-order chi connectivity index (χ1) is 9.76. The summed E-state index contributed by atoms with van der Waals surface area (Å²) in [5.41, 5.74) is 2.31. The Balaban J connectivity index is 1.83. The average molecular weight is 334 g/mol. The van der Waals surface area contributed by atoms with E-state index >= 15 is 0 Å². The maximum atomic E-state index is 5.81. The van der Waals surface area contributed by atoms with Crippen LogP contribution < -0.4 is 14.4 Å². The fourth-order valence-electron chi connectivity index (χ4n) is 2.29. The molecule has 0 unspecified atom stereocenters. The number of hydrogen-bond donors (Lipinski definition) is 0. The SMILES string of the molecule is CCOc1ccc2c(c1)CN(c1ccc(Br)cc1)CO2. The van der Waals surface area contributed by atoms with Crippen LogP contribution in [0.5, 0.6) is 11.5 Å². The molecular weight excluding hydrogens is 318 g/mol. The van der Waals surface area contributed by atoms with Crippen LogP contribution in [-0.4, -0.2) is 13.3 Å². The second-order valence-corrected chi connectivity index (χ2v) is 5.57. The Labute approximate surface area is 127 Å². The minimum absolute atomic E-state index is 0.572. The summed E-state index contributed by atoms with van der Waals surface area (Å²) in [5, 5.41) is 0. The van der Waals surface area contributed by atoms with Crippen LogP contribution in [0.25, 0.3) is 0 Å². The lowest BCUT2D eigenvalue weighted by Crippen LogP contribution is -2.31. The number of hydrogen-bond acceptors (Lipinski definition) is 3. The first-order valence-electron chi connectivity index (χ1n) is 6.65. The molecule has 0 amide bonds. The van der Waals surface area contributed by atoms with Crippen molar-refractivity contribution in [1.29, 1.82) is 0 Å². The normalized spacial score (nSPS) is 13.6. The standard InChI is InChI=1S/C16H16BrNO2/c1-2-19-15-7-8-16-12(9-15)10-18(11-20-16)14-5-3-13(17)4-6-14/h3-9H,2,10-11H2,1H3. The van der Waals surface area contributed by atoms with Gasteiger partial charge in [-0.05, 0) is 49.4 Å². The lowest BCUT2D eigenvalue weighted by atomic mass is 10.1. The Morgan fingerprint density at radius 1 is 1.20 bits per heavy atom. The van der Waals surface area contributed by atoms with Gasteiger partial charge >= 0.3 is 0 Å². The Bertz CT molecular complexity index is 598. The number of rotatable bonds is 3. The van der Waals surface area contributed by atoms with Crippen molar-refractivity contribution in [2.24, 2.45) is 0 Å². The highest BCUT2D eigenvalue weighted by atomic mass is 79.9. The molecule has 0 aromatic heterocycles. The van der Waals surface area contributed by atoms with Gasteiger partial charge < -0.3 is 14.4 Å². The molecule has 104 valence electrons. The number of ether oxygens (including phenoxy) is 2. The van der Waals surface area contributed by atoms with E-state index in [1.165, 1.54) is 0 Å². The number of benzene rings is 2. The Morgan fingerprint density at radius 3 is 2.75 bits per heavy atom. The van der Waals surface area contributed by atoms with Gasteiger partial charge in [0.05, 0.1) is 6.61 Å². The first kappa shape index (κ1) is 13.3. The molecule has 1 aliphatic heterocycles. The molecule has 1 heterocycles. The van der Waals surface area contributed by atoms with Gasteiger partial charge in [0.2, 0.25) is 0 Å². The topological polar surface area (TPSA) is 21.7 Å². The third kappa shape index (κ3) is 2.75. The molecule has 3 rings (SSSR count). The molecule has 0 N–H and O–H groups in total. The van der Waals surface area contributed by atoms with Crippen LogP contribution in [0.1, 0.15) is 12.5 Å². The van der Waals surface area contributed by atoms with Gasteiger partial charge in [-0.25, -0.2) is 0 Å². The van der Waals surface area contributed by atoms with Gasteiger partial charge in [0.25, 0.3) is 0 Å². The summed E-state index contributed by atoms with van der Waals surface area (Å²) in [5.74, 6) is 1.84. The van der Waals surface area contributed by atoms with E-state index in [0.717, 1.165) is 33.8 Å².